The van der Waals surface area contributed by atoms with Crippen molar-refractivity contribution in [1.82, 2.24) is 4.57 Å². The normalized spacial score (nSPS) is 13.2. The van der Waals surface area contributed by atoms with Crippen LogP contribution in [0.25, 0.3) is 28.4 Å². The van der Waals surface area contributed by atoms with E-state index >= 15 is 0 Å². The third kappa shape index (κ3) is 2.09. The number of benzene rings is 2. The standard InChI is InChI=1S/C19H16N2/c1-3-9-17-16-12-7-8-13-18(16)21(19(17)14(2)20)15-10-5-4-6-11-15/h1,4-13H,20H2,2H3/b17-9-,19-14-. The molecule has 0 amide bonds. The number of fused-ring (bicyclic) bond motifs is 1. The van der Waals surface area contributed by atoms with Gasteiger partial charge in [0.1, 0.15) is 0 Å². The fourth-order valence-electron chi connectivity index (χ4n) is 2.73. The van der Waals surface area contributed by atoms with E-state index < -0.39 is 0 Å². The van der Waals surface area contributed by atoms with Crippen LogP contribution in [0.1, 0.15) is 6.92 Å². The van der Waals surface area contributed by atoms with Gasteiger partial charge in [-0.3, -0.25) is 0 Å². The fourth-order valence-corrected chi connectivity index (χ4v) is 2.73. The Morgan fingerprint density at radius 2 is 1.76 bits per heavy atom. The minimum atomic E-state index is 0.747. The first-order chi connectivity index (χ1) is 10.2. The van der Waals surface area contributed by atoms with Crippen molar-refractivity contribution in [2.75, 3.05) is 0 Å². The van der Waals surface area contributed by atoms with Gasteiger partial charge < -0.3 is 10.3 Å². The Hall–Kier alpha value is -2.92. The Morgan fingerprint density at radius 1 is 1.10 bits per heavy atom. The number of nitrogens with zero attached hydrogens (tertiary/aromatic N) is 1. The van der Waals surface area contributed by atoms with Gasteiger partial charge in [0.15, 0.2) is 0 Å². The lowest BCUT2D eigenvalue weighted by molar-refractivity contribution is 1.05. The largest absolute Gasteiger partial charge is 0.401 e. The highest BCUT2D eigenvalue weighted by atomic mass is 15.0. The van der Waals surface area contributed by atoms with Gasteiger partial charge in [-0.1, -0.05) is 42.3 Å². The molecule has 2 aromatic carbocycles. The zero-order valence-corrected chi connectivity index (χ0v) is 11.9. The molecule has 0 saturated heterocycles. The van der Waals surface area contributed by atoms with E-state index in [-0.39, 0.29) is 0 Å². The molecule has 0 aliphatic heterocycles. The number of hydrogen-bond donors (Lipinski definition) is 1. The molecule has 2 nitrogen and oxygen atoms in total. The topological polar surface area (TPSA) is 30.9 Å². The second-order valence-corrected chi connectivity index (χ2v) is 4.94. The summed E-state index contributed by atoms with van der Waals surface area (Å²) in [6, 6.07) is 18.4. The zero-order valence-electron chi connectivity index (χ0n) is 11.9. The molecule has 0 fully saturated rings. The van der Waals surface area contributed by atoms with Crippen LogP contribution in [0.4, 0.5) is 0 Å². The molecule has 21 heavy (non-hydrogen) atoms. The minimum Gasteiger partial charge on any atom is -0.401 e. The van der Waals surface area contributed by atoms with E-state index in [9.17, 15) is 0 Å². The van der Waals surface area contributed by atoms with Gasteiger partial charge in [0.2, 0.25) is 0 Å². The van der Waals surface area contributed by atoms with Gasteiger partial charge in [0.05, 0.1) is 10.9 Å². The summed E-state index contributed by atoms with van der Waals surface area (Å²) in [7, 11) is 0. The van der Waals surface area contributed by atoms with Crippen LogP contribution in [0.3, 0.4) is 0 Å². The first-order valence-electron chi connectivity index (χ1n) is 6.81. The van der Waals surface area contributed by atoms with E-state index in [0.29, 0.717) is 0 Å². The molecule has 1 aromatic heterocycles. The van der Waals surface area contributed by atoms with Crippen molar-refractivity contribution in [1.29, 1.82) is 0 Å². The molecule has 2 N–H and O–H groups in total. The number of terminal acetylenes is 1. The number of para-hydroxylation sites is 2. The molecule has 102 valence electrons. The summed E-state index contributed by atoms with van der Waals surface area (Å²) in [6.07, 6.45) is 7.29. The first kappa shape index (κ1) is 13.1. The maximum atomic E-state index is 6.15. The van der Waals surface area contributed by atoms with E-state index in [4.69, 9.17) is 12.2 Å². The first-order valence-corrected chi connectivity index (χ1v) is 6.81. The van der Waals surface area contributed by atoms with Gasteiger partial charge in [-0.25, -0.2) is 0 Å². The molecule has 0 unspecified atom stereocenters. The molecule has 2 heteroatoms. The highest BCUT2D eigenvalue weighted by Crippen LogP contribution is 2.14. The molecule has 0 saturated carbocycles. The van der Waals surface area contributed by atoms with Crippen molar-refractivity contribution >= 4 is 22.7 Å². The maximum absolute atomic E-state index is 6.15. The lowest BCUT2D eigenvalue weighted by Crippen LogP contribution is -2.32. The second kappa shape index (κ2) is 5.22. The maximum Gasteiger partial charge on any atom is 0.0732 e. The molecular formula is C19H16N2. The van der Waals surface area contributed by atoms with Crippen LogP contribution in [0.15, 0.2) is 54.6 Å². The van der Waals surface area contributed by atoms with Crippen LogP contribution in [0.2, 0.25) is 0 Å². The average molecular weight is 272 g/mol. The smallest absolute Gasteiger partial charge is 0.0732 e. The van der Waals surface area contributed by atoms with Crippen molar-refractivity contribution in [3.63, 3.8) is 0 Å². The number of rotatable bonds is 1. The van der Waals surface area contributed by atoms with Gasteiger partial charge in [-0.05, 0) is 31.2 Å². The molecule has 3 aromatic rings. The Morgan fingerprint density at radius 3 is 2.43 bits per heavy atom. The SMILES string of the molecule is C#C/C=c1\c(=C(/C)N)n(-c2ccccc2)c2ccccc12. The van der Waals surface area contributed by atoms with Crippen molar-refractivity contribution in [3.05, 3.63) is 65.2 Å². The fraction of sp³-hybridized carbons (Fsp3) is 0.0526. The summed E-state index contributed by atoms with van der Waals surface area (Å²) in [5.74, 6) is 2.63. The van der Waals surface area contributed by atoms with Crippen LogP contribution in [-0.2, 0) is 0 Å². The van der Waals surface area contributed by atoms with Crippen LogP contribution in [0.5, 0.6) is 0 Å². The van der Waals surface area contributed by atoms with Gasteiger partial charge in [0, 0.05) is 22.0 Å². The lowest BCUT2D eigenvalue weighted by atomic mass is 10.2. The zero-order chi connectivity index (χ0) is 14.8. The molecule has 0 radical (unpaired) electrons. The summed E-state index contributed by atoms with van der Waals surface area (Å²) >= 11 is 0. The highest BCUT2D eigenvalue weighted by molar-refractivity contribution is 5.85. The molecule has 0 aliphatic rings. The van der Waals surface area contributed by atoms with E-state index in [1.807, 2.05) is 37.3 Å². The Labute approximate surface area is 123 Å². The third-order valence-corrected chi connectivity index (χ3v) is 3.53. The van der Waals surface area contributed by atoms with Crippen LogP contribution >= 0.6 is 0 Å². The predicted molar refractivity (Wildman–Crippen MR) is 89.1 cm³/mol. The molecule has 0 spiro atoms. The van der Waals surface area contributed by atoms with Crippen LogP contribution < -0.4 is 16.3 Å². The lowest BCUT2D eigenvalue weighted by Gasteiger charge is -2.07. The Kier molecular flexibility index (Phi) is 3.25. The van der Waals surface area contributed by atoms with Gasteiger partial charge >= 0.3 is 0 Å². The summed E-state index contributed by atoms with van der Waals surface area (Å²) in [5, 5.41) is 3.07. The summed E-state index contributed by atoms with van der Waals surface area (Å²) in [4.78, 5) is 0. The van der Waals surface area contributed by atoms with Crippen LogP contribution in [-0.4, -0.2) is 4.57 Å². The number of nitrogens with two attached hydrogens (primary N) is 1. The molecule has 1 heterocycles. The number of aromatic nitrogens is 1. The van der Waals surface area contributed by atoms with Gasteiger partial charge in [-0.2, -0.15) is 0 Å². The van der Waals surface area contributed by atoms with Crippen molar-refractivity contribution in [3.8, 4) is 18.0 Å². The molecule has 0 aliphatic carbocycles. The molecular weight excluding hydrogens is 256 g/mol. The average Bonchev–Trinajstić information content (AvgIpc) is 2.84. The summed E-state index contributed by atoms with van der Waals surface area (Å²) < 4.78 is 2.16. The third-order valence-electron chi connectivity index (χ3n) is 3.53. The van der Waals surface area contributed by atoms with Crippen molar-refractivity contribution < 1.29 is 0 Å². The Balaban J connectivity index is 2.63. The molecule has 3 rings (SSSR count). The highest BCUT2D eigenvalue weighted by Gasteiger charge is 2.09. The van der Waals surface area contributed by atoms with Crippen molar-refractivity contribution in [2.45, 2.75) is 6.92 Å². The Bertz CT molecular complexity index is 950. The number of hydrogen-bond acceptors (Lipinski definition) is 1. The van der Waals surface area contributed by atoms with Gasteiger partial charge in [-0.15, -0.1) is 6.42 Å². The predicted octanol–water partition coefficient (Wildman–Crippen LogP) is 2.13. The summed E-state index contributed by atoms with van der Waals surface area (Å²) in [6.45, 7) is 1.90. The molecule has 0 atom stereocenters. The van der Waals surface area contributed by atoms with E-state index in [1.54, 1.807) is 6.08 Å². The van der Waals surface area contributed by atoms with E-state index in [2.05, 4.69) is 34.8 Å². The minimum absolute atomic E-state index is 0.747. The second-order valence-electron chi connectivity index (χ2n) is 4.94. The van der Waals surface area contributed by atoms with Gasteiger partial charge in [0.25, 0.3) is 0 Å². The van der Waals surface area contributed by atoms with E-state index in [1.165, 1.54) is 0 Å². The molecule has 0 bridgehead atoms. The summed E-state index contributed by atoms with van der Waals surface area (Å²) in [5.41, 5.74) is 9.08. The van der Waals surface area contributed by atoms with Crippen LogP contribution in [0, 0.1) is 12.3 Å². The monoisotopic (exact) mass is 272 g/mol. The van der Waals surface area contributed by atoms with Crippen molar-refractivity contribution in [2.24, 2.45) is 5.73 Å². The quantitative estimate of drug-likeness (QED) is 0.676. The van der Waals surface area contributed by atoms with E-state index in [0.717, 1.165) is 32.9 Å².